The van der Waals surface area contributed by atoms with E-state index in [4.69, 9.17) is 5.11 Å². The number of carboxylic acid groups (broad SMARTS) is 1. The van der Waals surface area contributed by atoms with Gasteiger partial charge < -0.3 is 10.4 Å². The third-order valence-corrected chi connectivity index (χ3v) is 3.53. The lowest BCUT2D eigenvalue weighted by Gasteiger charge is -2.23. The summed E-state index contributed by atoms with van der Waals surface area (Å²) in [5.41, 5.74) is 2.22. The molecule has 88 valence electrons. The molecule has 0 spiro atoms. The van der Waals surface area contributed by atoms with E-state index in [1.807, 2.05) is 0 Å². The number of benzene rings is 1. The zero-order valence-corrected chi connectivity index (χ0v) is 9.11. The van der Waals surface area contributed by atoms with Gasteiger partial charge in [0.1, 0.15) is 5.82 Å². The van der Waals surface area contributed by atoms with Crippen LogP contribution in [0.3, 0.4) is 0 Å². The molecular weight excluding hydrogens is 221 g/mol. The van der Waals surface area contributed by atoms with Crippen molar-refractivity contribution in [2.24, 2.45) is 0 Å². The van der Waals surface area contributed by atoms with Crippen LogP contribution < -0.4 is 5.32 Å². The Kier molecular flexibility index (Phi) is 2.18. The summed E-state index contributed by atoms with van der Waals surface area (Å²) in [7, 11) is 0. The average Bonchev–Trinajstić information content (AvgIpc) is 2.66. The van der Waals surface area contributed by atoms with Crippen molar-refractivity contribution < 1.29 is 14.3 Å². The second-order valence-corrected chi connectivity index (χ2v) is 4.54. The number of halogens is 1. The van der Waals surface area contributed by atoms with E-state index in [9.17, 15) is 9.18 Å². The number of aliphatic carboxylic acids is 1. The molecule has 4 heteroatoms. The summed E-state index contributed by atoms with van der Waals surface area (Å²) in [6, 6.07) is 4.84. The Morgan fingerprint density at radius 1 is 1.47 bits per heavy atom. The van der Waals surface area contributed by atoms with Crippen LogP contribution in [0, 0.1) is 5.82 Å². The Labute approximate surface area is 98.0 Å². The minimum absolute atomic E-state index is 0.0134. The molecular formula is C13H12FNO2. The third-order valence-electron chi connectivity index (χ3n) is 3.53. The molecule has 0 saturated carbocycles. The van der Waals surface area contributed by atoms with Gasteiger partial charge in [0.15, 0.2) is 0 Å². The number of fused-ring (bicyclic) bond motifs is 3. The van der Waals surface area contributed by atoms with Crippen LogP contribution in [-0.4, -0.2) is 17.1 Å². The minimum Gasteiger partial charge on any atom is -0.478 e. The van der Waals surface area contributed by atoms with Gasteiger partial charge in [-0.15, -0.1) is 0 Å². The molecule has 0 amide bonds. The van der Waals surface area contributed by atoms with Crippen LogP contribution in [0.1, 0.15) is 24.3 Å². The van der Waals surface area contributed by atoms with Crippen molar-refractivity contribution in [1.29, 1.82) is 0 Å². The molecule has 0 radical (unpaired) electrons. The van der Waals surface area contributed by atoms with Gasteiger partial charge in [-0.3, -0.25) is 0 Å². The van der Waals surface area contributed by atoms with E-state index in [0.29, 0.717) is 12.0 Å². The van der Waals surface area contributed by atoms with Crippen LogP contribution in [0.15, 0.2) is 29.8 Å². The highest BCUT2D eigenvalue weighted by Gasteiger charge is 2.34. The molecule has 1 heterocycles. The van der Waals surface area contributed by atoms with Crippen molar-refractivity contribution in [2.75, 3.05) is 5.32 Å². The first-order valence-electron chi connectivity index (χ1n) is 5.65. The summed E-state index contributed by atoms with van der Waals surface area (Å²) in [4.78, 5) is 11.0. The Morgan fingerprint density at radius 3 is 3.06 bits per heavy atom. The summed E-state index contributed by atoms with van der Waals surface area (Å²) < 4.78 is 13.2. The van der Waals surface area contributed by atoms with E-state index in [-0.39, 0.29) is 17.8 Å². The topological polar surface area (TPSA) is 49.3 Å². The van der Waals surface area contributed by atoms with Gasteiger partial charge in [-0.05, 0) is 36.6 Å². The van der Waals surface area contributed by atoms with Crippen LogP contribution in [0.25, 0.3) is 0 Å². The summed E-state index contributed by atoms with van der Waals surface area (Å²) >= 11 is 0. The molecule has 0 fully saturated rings. The van der Waals surface area contributed by atoms with Gasteiger partial charge in [0.25, 0.3) is 0 Å². The smallest absolute Gasteiger partial charge is 0.331 e. The number of anilines is 1. The standard InChI is InChI=1S/C13H12FNO2/c14-8-2-4-12-10(6-8)9-5-7(13(16)17)1-3-11(9)15-12/h2,4-6,9,11,15H,1,3H2,(H,16,17). The molecule has 2 unspecified atom stereocenters. The van der Waals surface area contributed by atoms with Gasteiger partial charge in [0.05, 0.1) is 0 Å². The molecule has 3 nitrogen and oxygen atoms in total. The maximum Gasteiger partial charge on any atom is 0.331 e. The van der Waals surface area contributed by atoms with Crippen molar-refractivity contribution in [3.05, 3.63) is 41.2 Å². The highest BCUT2D eigenvalue weighted by molar-refractivity contribution is 5.87. The van der Waals surface area contributed by atoms with Gasteiger partial charge in [-0.2, -0.15) is 0 Å². The summed E-state index contributed by atoms with van der Waals surface area (Å²) in [6.07, 6.45) is 3.11. The summed E-state index contributed by atoms with van der Waals surface area (Å²) in [5.74, 6) is -1.16. The maximum absolute atomic E-state index is 13.2. The van der Waals surface area contributed by atoms with Gasteiger partial charge in [0, 0.05) is 23.2 Å². The van der Waals surface area contributed by atoms with Crippen molar-refractivity contribution in [3.8, 4) is 0 Å². The average molecular weight is 233 g/mol. The van der Waals surface area contributed by atoms with Crippen molar-refractivity contribution in [1.82, 2.24) is 0 Å². The van der Waals surface area contributed by atoms with Crippen molar-refractivity contribution in [3.63, 3.8) is 0 Å². The van der Waals surface area contributed by atoms with Gasteiger partial charge in [-0.1, -0.05) is 6.08 Å². The SMILES string of the molecule is O=C(O)C1=CC2c3cc(F)ccc3NC2CC1. The van der Waals surface area contributed by atoms with E-state index < -0.39 is 5.97 Å². The zero-order valence-electron chi connectivity index (χ0n) is 9.11. The van der Waals surface area contributed by atoms with E-state index in [0.717, 1.165) is 17.7 Å². The highest BCUT2D eigenvalue weighted by Crippen LogP contribution is 2.42. The van der Waals surface area contributed by atoms with Crippen molar-refractivity contribution in [2.45, 2.75) is 24.8 Å². The molecule has 1 aliphatic heterocycles. The lowest BCUT2D eigenvalue weighted by atomic mass is 9.84. The monoisotopic (exact) mass is 233 g/mol. The Balaban J connectivity index is 2.04. The normalized spacial score (nSPS) is 25.6. The maximum atomic E-state index is 13.2. The van der Waals surface area contributed by atoms with E-state index in [2.05, 4.69) is 5.32 Å². The number of rotatable bonds is 1. The molecule has 2 aliphatic rings. The van der Waals surface area contributed by atoms with Crippen LogP contribution >= 0.6 is 0 Å². The third kappa shape index (κ3) is 1.60. The molecule has 2 N–H and O–H groups in total. The largest absolute Gasteiger partial charge is 0.478 e. The number of carboxylic acids is 1. The van der Waals surface area contributed by atoms with Crippen LogP contribution in [0.4, 0.5) is 10.1 Å². The molecule has 1 aliphatic carbocycles. The second-order valence-electron chi connectivity index (χ2n) is 4.54. The van der Waals surface area contributed by atoms with Crippen LogP contribution in [0.2, 0.25) is 0 Å². The first-order chi connectivity index (χ1) is 8.15. The van der Waals surface area contributed by atoms with E-state index >= 15 is 0 Å². The highest BCUT2D eigenvalue weighted by atomic mass is 19.1. The number of hydrogen-bond acceptors (Lipinski definition) is 2. The Bertz CT molecular complexity index is 524. The van der Waals surface area contributed by atoms with Crippen molar-refractivity contribution >= 4 is 11.7 Å². The summed E-state index contributed by atoms with van der Waals surface area (Å²) in [5, 5.41) is 12.3. The van der Waals surface area contributed by atoms with E-state index in [1.165, 1.54) is 12.1 Å². The predicted molar refractivity (Wildman–Crippen MR) is 61.5 cm³/mol. The fraction of sp³-hybridized carbons (Fsp3) is 0.308. The number of nitrogens with one attached hydrogen (secondary N) is 1. The molecule has 0 aromatic heterocycles. The van der Waals surface area contributed by atoms with Crippen LogP contribution in [-0.2, 0) is 4.79 Å². The fourth-order valence-corrected chi connectivity index (χ4v) is 2.69. The number of carbonyl (C=O) groups is 1. The molecule has 0 saturated heterocycles. The molecule has 1 aromatic rings. The molecule has 17 heavy (non-hydrogen) atoms. The number of hydrogen-bond donors (Lipinski definition) is 2. The van der Waals surface area contributed by atoms with Gasteiger partial charge >= 0.3 is 5.97 Å². The molecule has 0 bridgehead atoms. The lowest BCUT2D eigenvalue weighted by Crippen LogP contribution is -2.24. The fourth-order valence-electron chi connectivity index (χ4n) is 2.69. The first kappa shape index (κ1) is 10.3. The zero-order chi connectivity index (χ0) is 12.0. The lowest BCUT2D eigenvalue weighted by molar-refractivity contribution is -0.132. The van der Waals surface area contributed by atoms with Crippen LogP contribution in [0.5, 0.6) is 0 Å². The van der Waals surface area contributed by atoms with Gasteiger partial charge in [-0.25, -0.2) is 9.18 Å². The summed E-state index contributed by atoms with van der Waals surface area (Å²) in [6.45, 7) is 0. The van der Waals surface area contributed by atoms with E-state index in [1.54, 1.807) is 12.1 Å². The molecule has 1 aromatic carbocycles. The predicted octanol–water partition coefficient (Wildman–Crippen LogP) is 2.51. The second kappa shape index (κ2) is 3.58. The quantitative estimate of drug-likeness (QED) is 0.783. The minimum atomic E-state index is -0.867. The molecule has 2 atom stereocenters. The first-order valence-corrected chi connectivity index (χ1v) is 5.65. The molecule has 3 rings (SSSR count). The Hall–Kier alpha value is -1.84. The van der Waals surface area contributed by atoms with Gasteiger partial charge in [0.2, 0.25) is 0 Å². The Morgan fingerprint density at radius 2 is 2.29 bits per heavy atom.